The first kappa shape index (κ1) is 21.6. The normalized spacial score (nSPS) is 10.9. The number of hydrogen-bond acceptors (Lipinski definition) is 5. The summed E-state index contributed by atoms with van der Waals surface area (Å²) >= 11 is 0. The molecule has 6 nitrogen and oxygen atoms in total. The minimum Gasteiger partial charge on any atom is -0.493 e. The van der Waals surface area contributed by atoms with Crippen LogP contribution in [0.4, 0.5) is 5.69 Å². The highest BCUT2D eigenvalue weighted by molar-refractivity contribution is 6.02. The van der Waals surface area contributed by atoms with Gasteiger partial charge in [0.25, 0.3) is 0 Å². The van der Waals surface area contributed by atoms with Gasteiger partial charge in [-0.2, -0.15) is 0 Å². The number of aromatic nitrogens is 1. The van der Waals surface area contributed by atoms with Crippen molar-refractivity contribution in [1.82, 2.24) is 4.98 Å². The fourth-order valence-corrected chi connectivity index (χ4v) is 2.93. The van der Waals surface area contributed by atoms with Gasteiger partial charge in [0.15, 0.2) is 11.5 Å². The Morgan fingerprint density at radius 3 is 2.26 bits per heavy atom. The number of methoxy groups -OCH3 is 3. The number of anilines is 1. The molecule has 0 atom stereocenters. The van der Waals surface area contributed by atoms with Gasteiger partial charge in [0.1, 0.15) is 0 Å². The Labute approximate surface area is 181 Å². The van der Waals surface area contributed by atoms with Crippen LogP contribution in [0.15, 0.2) is 66.9 Å². The van der Waals surface area contributed by atoms with Gasteiger partial charge in [0.05, 0.1) is 27.0 Å². The molecule has 0 aliphatic rings. The van der Waals surface area contributed by atoms with Crippen molar-refractivity contribution < 1.29 is 19.0 Å². The molecule has 0 saturated heterocycles. The van der Waals surface area contributed by atoms with E-state index < -0.39 is 0 Å². The molecule has 1 heterocycles. The van der Waals surface area contributed by atoms with Crippen molar-refractivity contribution in [1.29, 1.82) is 0 Å². The SMILES string of the molecule is COc1cc(/C=C/C(=O)Nc2cccc(/C=C/c3ccccn3)c2)cc(OC)c1OC. The molecular formula is C25H24N2O4. The molecule has 6 heteroatoms. The molecule has 0 saturated carbocycles. The lowest BCUT2D eigenvalue weighted by Gasteiger charge is -2.12. The molecule has 0 aliphatic carbocycles. The monoisotopic (exact) mass is 416 g/mol. The number of ether oxygens (including phenoxy) is 3. The molecule has 0 aliphatic heterocycles. The molecule has 1 aromatic heterocycles. The van der Waals surface area contributed by atoms with Crippen LogP contribution in [-0.2, 0) is 4.79 Å². The van der Waals surface area contributed by atoms with E-state index in [0.29, 0.717) is 22.9 Å². The number of nitrogens with one attached hydrogen (secondary N) is 1. The van der Waals surface area contributed by atoms with Gasteiger partial charge in [-0.3, -0.25) is 9.78 Å². The van der Waals surface area contributed by atoms with Crippen LogP contribution < -0.4 is 19.5 Å². The Balaban J connectivity index is 1.70. The second-order valence-corrected chi connectivity index (χ2v) is 6.49. The highest BCUT2D eigenvalue weighted by Gasteiger charge is 2.12. The van der Waals surface area contributed by atoms with Gasteiger partial charge in [-0.1, -0.05) is 24.3 Å². The summed E-state index contributed by atoms with van der Waals surface area (Å²) in [5.41, 5.74) is 3.27. The van der Waals surface area contributed by atoms with E-state index >= 15 is 0 Å². The molecule has 31 heavy (non-hydrogen) atoms. The van der Waals surface area contributed by atoms with E-state index in [1.54, 1.807) is 45.7 Å². The predicted octanol–water partition coefficient (Wildman–Crippen LogP) is 4.93. The minimum atomic E-state index is -0.250. The summed E-state index contributed by atoms with van der Waals surface area (Å²) in [5.74, 6) is 1.30. The summed E-state index contributed by atoms with van der Waals surface area (Å²) in [6.45, 7) is 0. The first-order chi connectivity index (χ1) is 15.1. The van der Waals surface area contributed by atoms with E-state index in [-0.39, 0.29) is 5.91 Å². The summed E-state index contributed by atoms with van der Waals surface area (Å²) in [4.78, 5) is 16.7. The number of pyridine rings is 1. The first-order valence-electron chi connectivity index (χ1n) is 9.61. The Morgan fingerprint density at radius 2 is 1.61 bits per heavy atom. The molecule has 158 valence electrons. The molecule has 0 radical (unpaired) electrons. The molecule has 0 unspecified atom stereocenters. The number of carbonyl (C=O) groups is 1. The third-order valence-electron chi connectivity index (χ3n) is 4.40. The Morgan fingerprint density at radius 1 is 0.839 bits per heavy atom. The zero-order valence-electron chi connectivity index (χ0n) is 17.7. The number of carbonyl (C=O) groups excluding carboxylic acids is 1. The molecule has 0 fully saturated rings. The summed E-state index contributed by atoms with van der Waals surface area (Å²) in [6, 6.07) is 16.9. The van der Waals surface area contributed by atoms with Crippen molar-refractivity contribution >= 4 is 29.8 Å². The van der Waals surface area contributed by atoms with Crippen LogP contribution in [0, 0.1) is 0 Å². The lowest BCUT2D eigenvalue weighted by molar-refractivity contribution is -0.111. The summed E-state index contributed by atoms with van der Waals surface area (Å²) in [5, 5.41) is 2.87. The van der Waals surface area contributed by atoms with Crippen LogP contribution >= 0.6 is 0 Å². The third kappa shape index (κ3) is 5.96. The Hall–Kier alpha value is -4.06. The van der Waals surface area contributed by atoms with Gasteiger partial charge in [-0.15, -0.1) is 0 Å². The second kappa shape index (κ2) is 10.6. The van der Waals surface area contributed by atoms with Crippen molar-refractivity contribution in [3.8, 4) is 17.2 Å². The Bertz CT molecular complexity index is 1070. The van der Waals surface area contributed by atoms with Crippen LogP contribution in [0.2, 0.25) is 0 Å². The number of hydrogen-bond donors (Lipinski definition) is 1. The maximum atomic E-state index is 12.4. The standard InChI is InChI=1S/C25H24N2O4/c1-29-22-16-19(17-23(30-2)25(22)31-3)11-13-24(28)27-21-9-6-7-18(15-21)10-12-20-8-4-5-14-26-20/h4-17H,1-3H3,(H,27,28)/b12-10+,13-11+. The molecule has 1 amide bonds. The summed E-state index contributed by atoms with van der Waals surface area (Å²) < 4.78 is 16.0. The van der Waals surface area contributed by atoms with Gasteiger partial charge >= 0.3 is 0 Å². The van der Waals surface area contributed by atoms with E-state index in [9.17, 15) is 4.79 Å². The fraction of sp³-hybridized carbons (Fsp3) is 0.120. The van der Waals surface area contributed by atoms with Gasteiger partial charge < -0.3 is 19.5 Å². The molecule has 0 spiro atoms. The van der Waals surface area contributed by atoms with Crippen LogP contribution in [0.25, 0.3) is 18.2 Å². The van der Waals surface area contributed by atoms with Crippen molar-refractivity contribution in [3.63, 3.8) is 0 Å². The number of amides is 1. The average molecular weight is 416 g/mol. The van der Waals surface area contributed by atoms with E-state index in [2.05, 4.69) is 10.3 Å². The largest absolute Gasteiger partial charge is 0.493 e. The zero-order valence-corrected chi connectivity index (χ0v) is 17.7. The van der Waals surface area contributed by atoms with Gasteiger partial charge in [0, 0.05) is 18.0 Å². The highest BCUT2D eigenvalue weighted by atomic mass is 16.5. The average Bonchev–Trinajstić information content (AvgIpc) is 2.81. The maximum Gasteiger partial charge on any atom is 0.248 e. The molecule has 2 aromatic carbocycles. The summed E-state index contributed by atoms with van der Waals surface area (Å²) in [7, 11) is 4.64. The minimum absolute atomic E-state index is 0.250. The first-order valence-corrected chi connectivity index (χ1v) is 9.61. The van der Waals surface area contributed by atoms with E-state index in [0.717, 1.165) is 16.8 Å². The molecule has 3 aromatic rings. The van der Waals surface area contributed by atoms with Gasteiger partial charge in [-0.25, -0.2) is 0 Å². The maximum absolute atomic E-state index is 12.4. The molecular weight excluding hydrogens is 392 g/mol. The van der Waals surface area contributed by atoms with Gasteiger partial charge in [-0.05, 0) is 59.7 Å². The van der Waals surface area contributed by atoms with Crippen LogP contribution in [-0.4, -0.2) is 32.2 Å². The molecule has 0 bridgehead atoms. The van der Waals surface area contributed by atoms with Gasteiger partial charge in [0.2, 0.25) is 11.7 Å². The number of rotatable bonds is 8. The van der Waals surface area contributed by atoms with Crippen molar-refractivity contribution in [2.24, 2.45) is 0 Å². The summed E-state index contributed by atoms with van der Waals surface area (Å²) in [6.07, 6.45) is 8.76. The van der Waals surface area contributed by atoms with Crippen molar-refractivity contribution in [2.75, 3.05) is 26.6 Å². The fourth-order valence-electron chi connectivity index (χ4n) is 2.93. The number of nitrogens with zero attached hydrogens (tertiary/aromatic N) is 1. The predicted molar refractivity (Wildman–Crippen MR) is 123 cm³/mol. The quantitative estimate of drug-likeness (QED) is 0.527. The van der Waals surface area contributed by atoms with Crippen molar-refractivity contribution in [3.05, 3.63) is 83.7 Å². The van der Waals surface area contributed by atoms with Crippen LogP contribution in [0.3, 0.4) is 0 Å². The topological polar surface area (TPSA) is 69.7 Å². The lowest BCUT2D eigenvalue weighted by atomic mass is 10.1. The lowest BCUT2D eigenvalue weighted by Crippen LogP contribution is -2.07. The third-order valence-corrected chi connectivity index (χ3v) is 4.40. The number of benzene rings is 2. The molecule has 3 rings (SSSR count). The van der Waals surface area contributed by atoms with E-state index in [4.69, 9.17) is 14.2 Å². The van der Waals surface area contributed by atoms with E-state index in [1.165, 1.54) is 6.08 Å². The van der Waals surface area contributed by atoms with E-state index in [1.807, 2.05) is 54.6 Å². The smallest absolute Gasteiger partial charge is 0.248 e. The highest BCUT2D eigenvalue weighted by Crippen LogP contribution is 2.38. The Kier molecular flexibility index (Phi) is 7.43. The van der Waals surface area contributed by atoms with Crippen molar-refractivity contribution in [2.45, 2.75) is 0 Å². The van der Waals surface area contributed by atoms with Crippen LogP contribution in [0.5, 0.6) is 17.2 Å². The second-order valence-electron chi connectivity index (χ2n) is 6.49. The molecule has 1 N–H and O–H groups in total. The van der Waals surface area contributed by atoms with Crippen LogP contribution in [0.1, 0.15) is 16.8 Å². The zero-order chi connectivity index (χ0) is 22.1.